The summed E-state index contributed by atoms with van der Waals surface area (Å²) in [6.07, 6.45) is -4.58. The largest absolute Gasteiger partial charge is 0.416 e. The fraction of sp³-hybridized carbons (Fsp3) is 0.154. The molecule has 1 heterocycles. The van der Waals surface area contributed by atoms with Gasteiger partial charge in [-0.25, -0.2) is 8.78 Å². The van der Waals surface area contributed by atoms with Crippen molar-refractivity contribution < 1.29 is 26.3 Å². The molecule has 0 aliphatic heterocycles. The Balaban J connectivity index is 2.42. The summed E-state index contributed by atoms with van der Waals surface area (Å²) in [5.41, 5.74) is -0.713. The number of benzene rings is 1. The topological polar surface area (TPSA) is 24.9 Å². The number of nitrogens with one attached hydrogen (secondary N) is 1. The van der Waals surface area contributed by atoms with Crippen LogP contribution in [0.15, 0.2) is 24.3 Å². The highest BCUT2D eigenvalue weighted by atomic mass is 19.4. The number of anilines is 2. The van der Waals surface area contributed by atoms with Gasteiger partial charge in [-0.15, -0.1) is 0 Å². The lowest BCUT2D eigenvalue weighted by atomic mass is 10.1. The van der Waals surface area contributed by atoms with Gasteiger partial charge in [0.15, 0.2) is 17.5 Å². The van der Waals surface area contributed by atoms with E-state index in [0.717, 1.165) is 12.1 Å². The fourth-order valence-corrected chi connectivity index (χ4v) is 1.59. The Hall–Kier alpha value is -2.25. The average molecular weight is 306 g/mol. The van der Waals surface area contributed by atoms with Gasteiger partial charge in [-0.2, -0.15) is 22.5 Å². The van der Waals surface area contributed by atoms with Gasteiger partial charge in [-0.05, 0) is 24.6 Å². The van der Waals surface area contributed by atoms with Crippen molar-refractivity contribution >= 4 is 11.5 Å². The lowest BCUT2D eigenvalue weighted by Gasteiger charge is -2.13. The number of hydrogen-bond donors (Lipinski definition) is 1. The van der Waals surface area contributed by atoms with Crippen molar-refractivity contribution in [2.24, 2.45) is 0 Å². The van der Waals surface area contributed by atoms with E-state index in [9.17, 15) is 26.3 Å². The summed E-state index contributed by atoms with van der Waals surface area (Å²) in [6, 6.07) is 3.02. The Kier molecular flexibility index (Phi) is 3.80. The highest BCUT2D eigenvalue weighted by Gasteiger charge is 2.30. The summed E-state index contributed by atoms with van der Waals surface area (Å²) in [5, 5.41) is 2.23. The van der Waals surface area contributed by atoms with Gasteiger partial charge in [0.05, 0.1) is 5.56 Å². The lowest BCUT2D eigenvalue weighted by molar-refractivity contribution is -0.137. The summed E-state index contributed by atoms with van der Waals surface area (Å²) < 4.78 is 77.0. The van der Waals surface area contributed by atoms with Crippen molar-refractivity contribution in [1.82, 2.24) is 4.98 Å². The Morgan fingerprint density at radius 3 is 2.29 bits per heavy atom. The van der Waals surface area contributed by atoms with E-state index >= 15 is 0 Å². The predicted molar refractivity (Wildman–Crippen MR) is 63.6 cm³/mol. The number of pyridine rings is 1. The van der Waals surface area contributed by atoms with E-state index < -0.39 is 35.1 Å². The van der Waals surface area contributed by atoms with E-state index in [1.807, 2.05) is 0 Å². The molecule has 2 aromatic rings. The number of aromatic nitrogens is 1. The van der Waals surface area contributed by atoms with Crippen LogP contribution in [0, 0.1) is 24.5 Å². The Morgan fingerprint density at radius 1 is 1.00 bits per heavy atom. The first-order chi connectivity index (χ1) is 9.68. The van der Waals surface area contributed by atoms with Crippen LogP contribution in [0.4, 0.5) is 37.8 Å². The van der Waals surface area contributed by atoms with E-state index in [1.54, 1.807) is 0 Å². The molecule has 8 heteroatoms. The fourth-order valence-electron chi connectivity index (χ4n) is 1.59. The molecule has 0 bridgehead atoms. The number of aryl methyl sites for hydroxylation is 1. The van der Waals surface area contributed by atoms with Crippen molar-refractivity contribution in [3.63, 3.8) is 0 Å². The second-order valence-corrected chi connectivity index (χ2v) is 4.24. The zero-order valence-electron chi connectivity index (χ0n) is 10.5. The van der Waals surface area contributed by atoms with Crippen molar-refractivity contribution in [3.8, 4) is 0 Å². The van der Waals surface area contributed by atoms with Crippen molar-refractivity contribution in [2.75, 3.05) is 5.32 Å². The predicted octanol–water partition coefficient (Wildman–Crippen LogP) is 4.57. The molecule has 21 heavy (non-hydrogen) atoms. The molecule has 0 saturated carbocycles. The number of hydrogen-bond acceptors (Lipinski definition) is 2. The summed E-state index contributed by atoms with van der Waals surface area (Å²) in [4.78, 5) is 2.99. The maximum Gasteiger partial charge on any atom is 0.416 e. The minimum absolute atomic E-state index is 0.109. The molecule has 0 unspecified atom stereocenters. The maximum atomic E-state index is 13.4. The molecule has 0 aliphatic carbocycles. The van der Waals surface area contributed by atoms with Gasteiger partial charge >= 0.3 is 6.18 Å². The molecule has 0 spiro atoms. The average Bonchev–Trinajstić information content (AvgIpc) is 2.37. The highest BCUT2D eigenvalue weighted by Crippen LogP contribution is 2.33. The van der Waals surface area contributed by atoms with Gasteiger partial charge < -0.3 is 5.32 Å². The van der Waals surface area contributed by atoms with Crippen LogP contribution in [0.3, 0.4) is 0 Å². The normalized spacial score (nSPS) is 11.6. The van der Waals surface area contributed by atoms with Crippen LogP contribution in [0.2, 0.25) is 0 Å². The Bertz CT molecular complexity index is 681. The van der Waals surface area contributed by atoms with Gasteiger partial charge in [-0.1, -0.05) is 6.07 Å². The monoisotopic (exact) mass is 306 g/mol. The molecule has 1 N–H and O–H groups in total. The smallest absolute Gasteiger partial charge is 0.337 e. The van der Waals surface area contributed by atoms with Gasteiger partial charge in [0.1, 0.15) is 0 Å². The highest BCUT2D eigenvalue weighted by molar-refractivity contribution is 5.62. The van der Waals surface area contributed by atoms with E-state index in [-0.39, 0.29) is 11.8 Å². The summed E-state index contributed by atoms with van der Waals surface area (Å²) in [5.74, 6) is -4.95. The molecule has 2 nitrogen and oxygen atoms in total. The van der Waals surface area contributed by atoms with Gasteiger partial charge in [-0.3, -0.25) is 0 Å². The Labute approximate surface area is 115 Å². The first kappa shape index (κ1) is 15.1. The van der Waals surface area contributed by atoms with Gasteiger partial charge in [0, 0.05) is 11.8 Å². The minimum atomic E-state index is -4.58. The van der Waals surface area contributed by atoms with Crippen LogP contribution in [0.5, 0.6) is 0 Å². The lowest BCUT2D eigenvalue weighted by Crippen LogP contribution is -2.07. The molecule has 0 radical (unpaired) electrons. The van der Waals surface area contributed by atoms with Crippen molar-refractivity contribution in [1.29, 1.82) is 0 Å². The third kappa shape index (κ3) is 3.26. The molecule has 0 saturated heterocycles. The van der Waals surface area contributed by atoms with Crippen LogP contribution < -0.4 is 5.32 Å². The third-order valence-electron chi connectivity index (χ3n) is 2.70. The first-order valence-electron chi connectivity index (χ1n) is 5.65. The minimum Gasteiger partial charge on any atom is -0.337 e. The summed E-state index contributed by atoms with van der Waals surface area (Å²) in [7, 11) is 0. The standard InChI is InChI=1S/C13H8F6N2/c1-6-2-3-7(13(17,18)19)4-10(6)20-12-9(15)5-8(14)11(16)21-12/h2-5H,1H3,(H,20,21). The number of halogens is 6. The van der Waals surface area contributed by atoms with E-state index in [2.05, 4.69) is 10.3 Å². The van der Waals surface area contributed by atoms with E-state index in [4.69, 9.17) is 0 Å². The van der Waals surface area contributed by atoms with Crippen molar-refractivity contribution in [2.45, 2.75) is 13.1 Å². The molecule has 2 rings (SSSR count). The summed E-state index contributed by atoms with van der Waals surface area (Å²) >= 11 is 0. The molecule has 1 aromatic heterocycles. The van der Waals surface area contributed by atoms with Crippen molar-refractivity contribution in [3.05, 3.63) is 53.0 Å². The number of rotatable bonds is 2. The summed E-state index contributed by atoms with van der Waals surface area (Å²) in [6.45, 7) is 1.47. The first-order valence-corrected chi connectivity index (χ1v) is 5.65. The molecule has 0 aliphatic rings. The zero-order chi connectivity index (χ0) is 15.8. The second-order valence-electron chi connectivity index (χ2n) is 4.24. The van der Waals surface area contributed by atoms with Crippen LogP contribution >= 0.6 is 0 Å². The molecular weight excluding hydrogens is 298 g/mol. The Morgan fingerprint density at radius 2 is 1.67 bits per heavy atom. The quantitative estimate of drug-likeness (QED) is 0.649. The second kappa shape index (κ2) is 5.27. The zero-order valence-corrected chi connectivity index (χ0v) is 10.5. The third-order valence-corrected chi connectivity index (χ3v) is 2.70. The molecule has 112 valence electrons. The molecule has 0 fully saturated rings. The number of alkyl halides is 3. The van der Waals surface area contributed by atoms with Crippen LogP contribution in [0.25, 0.3) is 0 Å². The SMILES string of the molecule is Cc1ccc(C(F)(F)F)cc1Nc1nc(F)c(F)cc1F. The van der Waals surface area contributed by atoms with Gasteiger partial charge in [0.2, 0.25) is 0 Å². The van der Waals surface area contributed by atoms with Crippen LogP contribution in [-0.4, -0.2) is 4.98 Å². The molecule has 1 aromatic carbocycles. The van der Waals surface area contributed by atoms with Crippen LogP contribution in [0.1, 0.15) is 11.1 Å². The molecular formula is C13H8F6N2. The van der Waals surface area contributed by atoms with Gasteiger partial charge in [0.25, 0.3) is 5.95 Å². The molecule has 0 atom stereocenters. The van der Waals surface area contributed by atoms with E-state index in [0.29, 0.717) is 5.56 Å². The number of nitrogens with zero attached hydrogens (tertiary/aromatic N) is 1. The molecule has 0 amide bonds. The maximum absolute atomic E-state index is 13.4. The van der Waals surface area contributed by atoms with Crippen LogP contribution in [-0.2, 0) is 6.18 Å². The van der Waals surface area contributed by atoms with E-state index in [1.165, 1.54) is 13.0 Å².